The van der Waals surface area contributed by atoms with Crippen molar-refractivity contribution in [3.05, 3.63) is 53.5 Å². The molecule has 1 aromatic carbocycles. The Balaban J connectivity index is 0.00000169. The molecule has 0 saturated carbocycles. The van der Waals surface area contributed by atoms with Gasteiger partial charge >= 0.3 is 0 Å². The number of nitrogens with zero attached hydrogens (tertiary/aromatic N) is 2. The van der Waals surface area contributed by atoms with Crippen molar-refractivity contribution in [3.63, 3.8) is 0 Å². The summed E-state index contributed by atoms with van der Waals surface area (Å²) in [5.41, 5.74) is 3.57. The van der Waals surface area contributed by atoms with Crippen molar-refractivity contribution < 1.29 is 9.21 Å². The number of para-hydroxylation sites is 1. The summed E-state index contributed by atoms with van der Waals surface area (Å²) in [7, 11) is 3.68. The van der Waals surface area contributed by atoms with Gasteiger partial charge in [0, 0.05) is 44.0 Å². The van der Waals surface area contributed by atoms with E-state index in [1.165, 1.54) is 11.3 Å². The zero-order valence-electron chi connectivity index (χ0n) is 15.4. The van der Waals surface area contributed by atoms with Gasteiger partial charge in [-0.25, -0.2) is 0 Å². The molecule has 1 unspecified atom stereocenters. The Kier molecular flexibility index (Phi) is 8.47. The van der Waals surface area contributed by atoms with E-state index in [0.717, 1.165) is 18.5 Å². The Morgan fingerprint density at radius 1 is 1.31 bits per heavy atom. The summed E-state index contributed by atoms with van der Waals surface area (Å²) < 4.78 is 5.52. The lowest BCUT2D eigenvalue weighted by atomic mass is 10.1. The zero-order chi connectivity index (χ0) is 17.1. The third kappa shape index (κ3) is 4.53. The molecular weight excluding hydrogens is 373 g/mol. The molecule has 1 N–H and O–H groups in total. The lowest BCUT2D eigenvalue weighted by Crippen LogP contribution is -2.34. The van der Waals surface area contributed by atoms with Crippen LogP contribution in [0.3, 0.4) is 0 Å². The van der Waals surface area contributed by atoms with E-state index in [1.807, 2.05) is 13.1 Å². The fraction of sp³-hybridized carbons (Fsp3) is 0.421. The average Bonchev–Trinajstić information content (AvgIpc) is 3.17. The number of rotatable bonds is 6. The summed E-state index contributed by atoms with van der Waals surface area (Å²) in [4.78, 5) is 16.7. The maximum absolute atomic E-state index is 12.6. The second-order valence-corrected chi connectivity index (χ2v) is 6.41. The van der Waals surface area contributed by atoms with Crippen LogP contribution < -0.4 is 10.2 Å². The molecule has 0 fully saturated rings. The Morgan fingerprint density at radius 2 is 2.04 bits per heavy atom. The quantitative estimate of drug-likeness (QED) is 0.808. The summed E-state index contributed by atoms with van der Waals surface area (Å²) in [6, 6.07) is 10.8. The van der Waals surface area contributed by atoms with Crippen LogP contribution in [0.1, 0.15) is 28.6 Å². The number of hydrogen-bond donors (Lipinski definition) is 1. The van der Waals surface area contributed by atoms with Crippen molar-refractivity contribution in [1.29, 1.82) is 0 Å². The van der Waals surface area contributed by atoms with Crippen molar-refractivity contribution in [3.8, 4) is 0 Å². The first-order chi connectivity index (χ1) is 11.6. The highest BCUT2D eigenvalue weighted by Crippen LogP contribution is 2.33. The molecule has 3 rings (SSSR count). The minimum atomic E-state index is -0.0645. The number of hydrogen-bond acceptors (Lipinski definition) is 4. The molecule has 0 spiro atoms. The van der Waals surface area contributed by atoms with Gasteiger partial charge in [0.15, 0.2) is 5.76 Å². The molecular formula is C19H27Cl2N3O2. The van der Waals surface area contributed by atoms with Crippen LogP contribution in [0, 0.1) is 0 Å². The van der Waals surface area contributed by atoms with E-state index in [1.54, 1.807) is 18.2 Å². The molecule has 144 valence electrons. The predicted octanol–water partition coefficient (Wildman–Crippen LogP) is 3.37. The standard InChI is InChI=1S/C19H25N3O2.2ClH/c1-14-12-15-6-4-5-7-17(15)22(14)13-16-8-11-24-18(16)19(23)21(3)10-9-20-2;;/h4-8,11,14,20H,9-10,12-13H2,1-3H3;2*1H. The van der Waals surface area contributed by atoms with E-state index >= 15 is 0 Å². The third-order valence-corrected chi connectivity index (χ3v) is 4.67. The number of carbonyl (C=O) groups is 1. The number of furan rings is 1. The normalized spacial score (nSPS) is 15.0. The van der Waals surface area contributed by atoms with Crippen LogP contribution in [0.15, 0.2) is 41.0 Å². The summed E-state index contributed by atoms with van der Waals surface area (Å²) >= 11 is 0. The lowest BCUT2D eigenvalue weighted by molar-refractivity contribution is 0.0764. The van der Waals surface area contributed by atoms with Gasteiger partial charge in [-0.2, -0.15) is 0 Å². The van der Waals surface area contributed by atoms with Crippen LogP contribution in [-0.4, -0.2) is 44.0 Å². The topological polar surface area (TPSA) is 48.7 Å². The van der Waals surface area contributed by atoms with Crippen LogP contribution in [0.25, 0.3) is 0 Å². The maximum Gasteiger partial charge on any atom is 0.289 e. The van der Waals surface area contributed by atoms with Crippen molar-refractivity contribution >= 4 is 36.4 Å². The number of carbonyl (C=O) groups excluding carboxylic acids is 1. The van der Waals surface area contributed by atoms with Gasteiger partial charge in [-0.15, -0.1) is 24.8 Å². The van der Waals surface area contributed by atoms with Gasteiger partial charge in [0.1, 0.15) is 0 Å². The monoisotopic (exact) mass is 399 g/mol. The molecule has 1 aliphatic heterocycles. The van der Waals surface area contributed by atoms with Crippen molar-refractivity contribution in [2.45, 2.75) is 25.9 Å². The van der Waals surface area contributed by atoms with Gasteiger partial charge in [-0.3, -0.25) is 4.79 Å². The van der Waals surface area contributed by atoms with Crippen molar-refractivity contribution in [2.75, 3.05) is 32.1 Å². The first-order valence-corrected chi connectivity index (χ1v) is 8.42. The lowest BCUT2D eigenvalue weighted by Gasteiger charge is -2.25. The van der Waals surface area contributed by atoms with E-state index in [4.69, 9.17) is 4.42 Å². The molecule has 26 heavy (non-hydrogen) atoms. The number of likely N-dealkylation sites (N-methyl/N-ethyl adjacent to an activating group) is 2. The minimum Gasteiger partial charge on any atom is -0.459 e. The van der Waals surface area contributed by atoms with Gasteiger partial charge < -0.3 is 19.5 Å². The summed E-state index contributed by atoms with van der Waals surface area (Å²) in [6.45, 7) is 4.32. The number of anilines is 1. The average molecular weight is 400 g/mol. The molecule has 0 bridgehead atoms. The molecule has 0 aliphatic carbocycles. The minimum absolute atomic E-state index is 0. The predicted molar refractivity (Wildman–Crippen MR) is 110 cm³/mol. The molecule has 0 saturated heterocycles. The van der Waals surface area contributed by atoms with Crippen molar-refractivity contribution in [2.24, 2.45) is 0 Å². The van der Waals surface area contributed by atoms with E-state index in [9.17, 15) is 4.79 Å². The number of nitrogens with one attached hydrogen (secondary N) is 1. The molecule has 1 amide bonds. The van der Waals surface area contributed by atoms with Gasteiger partial charge in [0.05, 0.1) is 6.26 Å². The van der Waals surface area contributed by atoms with E-state index < -0.39 is 0 Å². The molecule has 2 heterocycles. The van der Waals surface area contributed by atoms with E-state index in [2.05, 4.69) is 41.4 Å². The highest BCUT2D eigenvalue weighted by Gasteiger charge is 2.28. The van der Waals surface area contributed by atoms with Crippen LogP contribution in [0.4, 0.5) is 5.69 Å². The Bertz CT molecular complexity index is 720. The van der Waals surface area contributed by atoms with Gasteiger partial charge in [0.25, 0.3) is 5.91 Å². The highest BCUT2D eigenvalue weighted by atomic mass is 35.5. The molecule has 1 aromatic heterocycles. The fourth-order valence-electron chi connectivity index (χ4n) is 3.26. The van der Waals surface area contributed by atoms with Gasteiger partial charge in [-0.1, -0.05) is 18.2 Å². The summed E-state index contributed by atoms with van der Waals surface area (Å²) in [6.07, 6.45) is 2.65. The number of halogens is 2. The molecule has 1 aliphatic rings. The molecule has 0 radical (unpaired) electrons. The molecule has 5 nitrogen and oxygen atoms in total. The van der Waals surface area contributed by atoms with Crippen LogP contribution in [-0.2, 0) is 13.0 Å². The third-order valence-electron chi connectivity index (χ3n) is 4.67. The Labute approximate surface area is 167 Å². The number of amides is 1. The Morgan fingerprint density at radius 3 is 2.77 bits per heavy atom. The highest BCUT2D eigenvalue weighted by molar-refractivity contribution is 5.92. The first-order valence-electron chi connectivity index (χ1n) is 8.42. The second kappa shape index (κ2) is 9.86. The maximum atomic E-state index is 12.6. The van der Waals surface area contributed by atoms with Crippen LogP contribution in [0.2, 0.25) is 0 Å². The number of benzene rings is 1. The molecule has 1 atom stereocenters. The smallest absolute Gasteiger partial charge is 0.289 e. The SMILES string of the molecule is CNCCN(C)C(=O)c1occc1CN1c2ccccc2CC1C.Cl.Cl. The van der Waals surface area contributed by atoms with Crippen LogP contribution in [0.5, 0.6) is 0 Å². The first kappa shape index (κ1) is 22.4. The molecule has 7 heteroatoms. The van der Waals surface area contributed by atoms with Gasteiger partial charge in [-0.05, 0) is 38.1 Å². The second-order valence-electron chi connectivity index (χ2n) is 6.41. The van der Waals surface area contributed by atoms with Crippen LogP contribution >= 0.6 is 24.8 Å². The number of fused-ring (bicyclic) bond motifs is 1. The summed E-state index contributed by atoms with van der Waals surface area (Å²) in [5, 5.41) is 3.06. The molecule has 2 aromatic rings. The summed E-state index contributed by atoms with van der Waals surface area (Å²) in [5.74, 6) is 0.385. The largest absolute Gasteiger partial charge is 0.459 e. The Hall–Kier alpha value is -1.69. The fourth-order valence-corrected chi connectivity index (χ4v) is 3.26. The van der Waals surface area contributed by atoms with Gasteiger partial charge in [0.2, 0.25) is 0 Å². The van der Waals surface area contributed by atoms with Crippen molar-refractivity contribution in [1.82, 2.24) is 10.2 Å². The zero-order valence-corrected chi connectivity index (χ0v) is 17.0. The van der Waals surface area contributed by atoms with E-state index in [-0.39, 0.29) is 30.7 Å². The van der Waals surface area contributed by atoms with E-state index in [0.29, 0.717) is 24.9 Å².